The van der Waals surface area contributed by atoms with E-state index in [1.54, 1.807) is 6.92 Å². The van der Waals surface area contributed by atoms with Crippen molar-refractivity contribution < 1.29 is 9.53 Å². The lowest BCUT2D eigenvalue weighted by Crippen LogP contribution is -2.49. The first-order chi connectivity index (χ1) is 7.00. The molecule has 0 saturated heterocycles. The molecule has 0 aliphatic rings. The summed E-state index contributed by atoms with van der Waals surface area (Å²) >= 11 is 0. The van der Waals surface area contributed by atoms with Gasteiger partial charge in [0.05, 0.1) is 5.54 Å². The highest BCUT2D eigenvalue weighted by molar-refractivity contribution is 5.83. The molecule has 0 saturated carbocycles. The second kappa shape index (κ2) is 7.65. The van der Waals surface area contributed by atoms with E-state index in [1.807, 2.05) is 0 Å². The zero-order valence-corrected chi connectivity index (χ0v) is 9.92. The van der Waals surface area contributed by atoms with Gasteiger partial charge in [0.1, 0.15) is 0 Å². The third-order valence-corrected chi connectivity index (χ3v) is 2.44. The van der Waals surface area contributed by atoms with Crippen molar-refractivity contribution in [2.75, 3.05) is 13.2 Å². The molecule has 4 nitrogen and oxygen atoms in total. The van der Waals surface area contributed by atoms with E-state index in [2.05, 4.69) is 6.92 Å². The molecule has 0 aromatic carbocycles. The second-order valence-electron chi connectivity index (χ2n) is 4.20. The summed E-state index contributed by atoms with van der Waals surface area (Å²) in [5, 5.41) is 0. The molecule has 0 aromatic heterocycles. The van der Waals surface area contributed by atoms with Crippen molar-refractivity contribution in [2.45, 2.75) is 51.5 Å². The van der Waals surface area contributed by atoms with Gasteiger partial charge in [0.15, 0.2) is 0 Å². The lowest BCUT2D eigenvalue weighted by molar-refractivity contribution is -0.122. The van der Waals surface area contributed by atoms with E-state index in [4.69, 9.17) is 16.2 Å². The van der Waals surface area contributed by atoms with Crippen molar-refractivity contribution in [3.63, 3.8) is 0 Å². The molecule has 0 bridgehead atoms. The third kappa shape index (κ3) is 7.33. The molecule has 15 heavy (non-hydrogen) atoms. The minimum Gasteiger partial charge on any atom is -0.381 e. The van der Waals surface area contributed by atoms with Crippen molar-refractivity contribution in [1.82, 2.24) is 0 Å². The van der Waals surface area contributed by atoms with Crippen LogP contribution in [-0.2, 0) is 9.53 Å². The fraction of sp³-hybridized carbons (Fsp3) is 0.909. The number of ether oxygens (including phenoxy) is 1. The van der Waals surface area contributed by atoms with Crippen molar-refractivity contribution in [2.24, 2.45) is 11.5 Å². The molecule has 4 N–H and O–H groups in total. The van der Waals surface area contributed by atoms with Gasteiger partial charge < -0.3 is 16.2 Å². The monoisotopic (exact) mass is 216 g/mol. The van der Waals surface area contributed by atoms with Crippen molar-refractivity contribution in [1.29, 1.82) is 0 Å². The quantitative estimate of drug-likeness (QED) is 0.568. The van der Waals surface area contributed by atoms with E-state index < -0.39 is 11.4 Å². The summed E-state index contributed by atoms with van der Waals surface area (Å²) in [6.45, 7) is 5.38. The van der Waals surface area contributed by atoms with Crippen LogP contribution in [0.1, 0.15) is 46.0 Å². The summed E-state index contributed by atoms with van der Waals surface area (Å²) in [7, 11) is 0. The SMILES string of the molecule is CCCCOCCCCC(C)(N)C(N)=O. The molecule has 0 aromatic rings. The average Bonchev–Trinajstić information content (AvgIpc) is 2.16. The molecule has 4 heteroatoms. The Morgan fingerprint density at radius 2 is 1.87 bits per heavy atom. The predicted octanol–water partition coefficient (Wildman–Crippen LogP) is 1.18. The number of unbranched alkanes of at least 4 members (excludes halogenated alkanes) is 2. The van der Waals surface area contributed by atoms with Crippen LogP contribution in [0.15, 0.2) is 0 Å². The average molecular weight is 216 g/mol. The van der Waals surface area contributed by atoms with Crippen LogP contribution in [0, 0.1) is 0 Å². The Morgan fingerprint density at radius 3 is 2.40 bits per heavy atom. The Bertz CT molecular complexity index is 181. The fourth-order valence-corrected chi connectivity index (χ4v) is 1.17. The Balaban J connectivity index is 3.35. The highest BCUT2D eigenvalue weighted by atomic mass is 16.5. The van der Waals surface area contributed by atoms with Crippen molar-refractivity contribution in [3.05, 3.63) is 0 Å². The lowest BCUT2D eigenvalue weighted by Gasteiger charge is -2.19. The molecule has 1 atom stereocenters. The Hall–Kier alpha value is -0.610. The first-order valence-corrected chi connectivity index (χ1v) is 5.67. The molecule has 1 unspecified atom stereocenters. The van der Waals surface area contributed by atoms with E-state index in [9.17, 15) is 4.79 Å². The molecular formula is C11H24N2O2. The van der Waals surface area contributed by atoms with Gasteiger partial charge in [0.2, 0.25) is 5.91 Å². The van der Waals surface area contributed by atoms with Gasteiger partial charge in [0.25, 0.3) is 0 Å². The first kappa shape index (κ1) is 14.4. The Labute approximate surface area is 92.3 Å². The number of hydrogen-bond acceptors (Lipinski definition) is 3. The highest BCUT2D eigenvalue weighted by Crippen LogP contribution is 2.09. The first-order valence-electron chi connectivity index (χ1n) is 5.67. The highest BCUT2D eigenvalue weighted by Gasteiger charge is 2.24. The number of rotatable bonds is 9. The zero-order chi connectivity index (χ0) is 11.7. The number of nitrogens with two attached hydrogens (primary N) is 2. The standard InChI is InChI=1S/C11H24N2O2/c1-3-4-8-15-9-6-5-7-11(2,13)10(12)14/h3-9,13H2,1-2H3,(H2,12,14). The van der Waals surface area contributed by atoms with E-state index in [1.165, 1.54) is 0 Å². The summed E-state index contributed by atoms with van der Waals surface area (Å²) in [4.78, 5) is 10.9. The van der Waals surface area contributed by atoms with E-state index in [0.717, 1.165) is 38.9 Å². The number of carbonyl (C=O) groups is 1. The number of hydrogen-bond donors (Lipinski definition) is 2. The summed E-state index contributed by atoms with van der Waals surface area (Å²) in [6, 6.07) is 0. The van der Waals surface area contributed by atoms with Crippen LogP contribution >= 0.6 is 0 Å². The van der Waals surface area contributed by atoms with Crippen LogP contribution in [0.5, 0.6) is 0 Å². The van der Waals surface area contributed by atoms with Gasteiger partial charge >= 0.3 is 0 Å². The maximum Gasteiger partial charge on any atom is 0.237 e. The van der Waals surface area contributed by atoms with Crippen molar-refractivity contribution >= 4 is 5.91 Å². The van der Waals surface area contributed by atoms with Gasteiger partial charge in [-0.1, -0.05) is 13.3 Å². The van der Waals surface area contributed by atoms with Crippen LogP contribution in [0.3, 0.4) is 0 Å². The smallest absolute Gasteiger partial charge is 0.237 e. The molecule has 0 aliphatic heterocycles. The van der Waals surface area contributed by atoms with Gasteiger partial charge in [-0.05, 0) is 32.6 Å². The molecular weight excluding hydrogens is 192 g/mol. The van der Waals surface area contributed by atoms with E-state index in [-0.39, 0.29) is 0 Å². The Morgan fingerprint density at radius 1 is 1.27 bits per heavy atom. The zero-order valence-electron chi connectivity index (χ0n) is 9.92. The van der Waals surface area contributed by atoms with Gasteiger partial charge in [-0.15, -0.1) is 0 Å². The van der Waals surface area contributed by atoms with Gasteiger partial charge in [-0.2, -0.15) is 0 Å². The summed E-state index contributed by atoms with van der Waals surface area (Å²) in [5.41, 5.74) is 9.99. The van der Waals surface area contributed by atoms with Gasteiger partial charge in [-0.25, -0.2) is 0 Å². The van der Waals surface area contributed by atoms with Crippen molar-refractivity contribution in [3.8, 4) is 0 Å². The normalized spacial score (nSPS) is 14.9. The third-order valence-electron chi connectivity index (χ3n) is 2.44. The number of carbonyl (C=O) groups excluding carboxylic acids is 1. The molecule has 0 fully saturated rings. The van der Waals surface area contributed by atoms with E-state index in [0.29, 0.717) is 6.42 Å². The summed E-state index contributed by atoms with van der Waals surface area (Å²) < 4.78 is 5.39. The van der Waals surface area contributed by atoms with E-state index >= 15 is 0 Å². The minimum atomic E-state index is -0.872. The van der Waals surface area contributed by atoms with Crippen LogP contribution < -0.4 is 11.5 Å². The molecule has 1 amide bonds. The van der Waals surface area contributed by atoms with Gasteiger partial charge in [0, 0.05) is 13.2 Å². The maximum absolute atomic E-state index is 10.9. The summed E-state index contributed by atoms with van der Waals surface area (Å²) in [6.07, 6.45) is 4.70. The number of primary amides is 1. The summed E-state index contributed by atoms with van der Waals surface area (Å²) in [5.74, 6) is -0.436. The van der Waals surface area contributed by atoms with Crippen LogP contribution in [0.25, 0.3) is 0 Å². The predicted molar refractivity (Wildman–Crippen MR) is 61.4 cm³/mol. The van der Waals surface area contributed by atoms with Crippen LogP contribution in [-0.4, -0.2) is 24.7 Å². The van der Waals surface area contributed by atoms with Crippen LogP contribution in [0.4, 0.5) is 0 Å². The van der Waals surface area contributed by atoms with Crippen LogP contribution in [0.2, 0.25) is 0 Å². The molecule has 0 heterocycles. The molecule has 0 radical (unpaired) electrons. The molecule has 90 valence electrons. The maximum atomic E-state index is 10.9. The Kier molecular flexibility index (Phi) is 7.34. The molecule has 0 spiro atoms. The largest absolute Gasteiger partial charge is 0.381 e. The topological polar surface area (TPSA) is 78.3 Å². The lowest BCUT2D eigenvalue weighted by atomic mass is 9.96. The van der Waals surface area contributed by atoms with Gasteiger partial charge in [-0.3, -0.25) is 4.79 Å². The fourth-order valence-electron chi connectivity index (χ4n) is 1.17. The molecule has 0 aliphatic carbocycles. The molecule has 0 rings (SSSR count). The second-order valence-corrected chi connectivity index (χ2v) is 4.20. The minimum absolute atomic E-state index is 0.436. The number of amides is 1.